The number of H-pyrrole nitrogens is 1. The number of phenolic OH excluding ortho intramolecular Hbond substituents is 1. The van der Waals surface area contributed by atoms with Gasteiger partial charge < -0.3 is 20.3 Å². The monoisotopic (exact) mass is 215 g/mol. The fraction of sp³-hybridized carbons (Fsp3) is 0. The summed E-state index contributed by atoms with van der Waals surface area (Å²) in [7, 11) is 0. The van der Waals surface area contributed by atoms with Crippen molar-refractivity contribution in [3.8, 4) is 17.0 Å². The predicted octanol–water partition coefficient (Wildman–Crippen LogP) is 2.11. The molecular formula is C11H9N3O2. The van der Waals surface area contributed by atoms with Gasteiger partial charge in [0.1, 0.15) is 11.4 Å². The lowest BCUT2D eigenvalue weighted by Crippen LogP contribution is -1.76. The van der Waals surface area contributed by atoms with Gasteiger partial charge in [-0.1, -0.05) is 5.16 Å². The molecule has 0 unspecified atom stereocenters. The first-order valence-electron chi connectivity index (χ1n) is 4.77. The Bertz CT molecular complexity index is 654. The Labute approximate surface area is 90.5 Å². The van der Waals surface area contributed by atoms with Gasteiger partial charge in [0.25, 0.3) is 0 Å². The van der Waals surface area contributed by atoms with Crippen LogP contribution in [0.1, 0.15) is 0 Å². The number of phenols is 1. The number of aromatic amines is 1. The van der Waals surface area contributed by atoms with E-state index in [2.05, 4.69) is 10.1 Å². The molecule has 0 aliphatic rings. The highest BCUT2D eigenvalue weighted by molar-refractivity contribution is 5.95. The van der Waals surface area contributed by atoms with Gasteiger partial charge >= 0.3 is 0 Å². The van der Waals surface area contributed by atoms with E-state index < -0.39 is 0 Å². The second kappa shape index (κ2) is 3.03. The summed E-state index contributed by atoms with van der Waals surface area (Å²) < 4.78 is 4.82. The minimum absolute atomic E-state index is 0.213. The molecule has 0 aliphatic heterocycles. The van der Waals surface area contributed by atoms with Gasteiger partial charge in [-0.3, -0.25) is 0 Å². The third kappa shape index (κ3) is 1.22. The van der Waals surface area contributed by atoms with E-state index >= 15 is 0 Å². The molecule has 2 aromatic heterocycles. The summed E-state index contributed by atoms with van der Waals surface area (Å²) in [4.78, 5) is 3.09. The summed E-state index contributed by atoms with van der Waals surface area (Å²) >= 11 is 0. The van der Waals surface area contributed by atoms with E-state index in [0.29, 0.717) is 5.69 Å². The number of rotatable bonds is 1. The number of aromatic nitrogens is 2. The van der Waals surface area contributed by atoms with Gasteiger partial charge in [-0.25, -0.2) is 0 Å². The van der Waals surface area contributed by atoms with E-state index in [9.17, 15) is 5.11 Å². The average Bonchev–Trinajstić information content (AvgIpc) is 2.83. The van der Waals surface area contributed by atoms with E-state index in [-0.39, 0.29) is 11.6 Å². The fourth-order valence-corrected chi connectivity index (χ4v) is 1.74. The molecule has 0 spiro atoms. The van der Waals surface area contributed by atoms with Crippen molar-refractivity contribution in [3.05, 3.63) is 30.5 Å². The average molecular weight is 215 g/mol. The van der Waals surface area contributed by atoms with Gasteiger partial charge in [0, 0.05) is 28.7 Å². The smallest absolute Gasteiger partial charge is 0.222 e. The minimum atomic E-state index is 0.213. The quantitative estimate of drug-likeness (QED) is 0.580. The number of anilines is 1. The van der Waals surface area contributed by atoms with Crippen molar-refractivity contribution in [1.29, 1.82) is 0 Å². The number of aromatic hydroxyl groups is 1. The molecule has 0 radical (unpaired) electrons. The number of nitrogen functional groups attached to an aromatic ring is 1. The molecule has 0 saturated carbocycles. The summed E-state index contributed by atoms with van der Waals surface area (Å²) in [6.45, 7) is 0. The molecule has 5 nitrogen and oxygen atoms in total. The van der Waals surface area contributed by atoms with E-state index in [1.807, 2.05) is 0 Å². The highest BCUT2D eigenvalue weighted by Gasteiger charge is 2.10. The molecule has 16 heavy (non-hydrogen) atoms. The molecule has 4 N–H and O–H groups in total. The molecule has 3 aromatic rings. The zero-order chi connectivity index (χ0) is 11.1. The van der Waals surface area contributed by atoms with Gasteiger partial charge in [0.05, 0.1) is 0 Å². The Morgan fingerprint density at radius 2 is 2.19 bits per heavy atom. The van der Waals surface area contributed by atoms with Crippen LogP contribution in [0.25, 0.3) is 22.2 Å². The van der Waals surface area contributed by atoms with Gasteiger partial charge in [0.2, 0.25) is 5.88 Å². The molecule has 0 saturated heterocycles. The van der Waals surface area contributed by atoms with E-state index in [0.717, 1.165) is 16.5 Å². The zero-order valence-electron chi connectivity index (χ0n) is 8.27. The SMILES string of the molecule is Nc1cc(-c2c[nH]c3ccc(O)cc23)no1. The fourth-order valence-electron chi connectivity index (χ4n) is 1.74. The molecular weight excluding hydrogens is 206 g/mol. The van der Waals surface area contributed by atoms with Crippen molar-refractivity contribution in [2.75, 3.05) is 5.73 Å². The maximum atomic E-state index is 9.44. The second-order valence-corrected chi connectivity index (χ2v) is 3.55. The van der Waals surface area contributed by atoms with Crippen LogP contribution in [0.5, 0.6) is 5.75 Å². The number of hydrogen-bond acceptors (Lipinski definition) is 4. The molecule has 0 amide bonds. The maximum absolute atomic E-state index is 9.44. The summed E-state index contributed by atoms with van der Waals surface area (Å²) in [5.41, 5.74) is 7.90. The molecule has 5 heteroatoms. The Morgan fingerprint density at radius 3 is 2.94 bits per heavy atom. The van der Waals surface area contributed by atoms with Gasteiger partial charge in [-0.05, 0) is 18.2 Å². The highest BCUT2D eigenvalue weighted by atomic mass is 16.5. The number of nitrogens with one attached hydrogen (secondary N) is 1. The Hall–Kier alpha value is -2.43. The lowest BCUT2D eigenvalue weighted by molar-refractivity contribution is 0.439. The lowest BCUT2D eigenvalue weighted by Gasteiger charge is -1.94. The van der Waals surface area contributed by atoms with Gasteiger partial charge in [0.15, 0.2) is 0 Å². The van der Waals surface area contributed by atoms with Crippen LogP contribution in [0, 0.1) is 0 Å². The molecule has 2 heterocycles. The normalized spacial score (nSPS) is 11.0. The molecule has 0 fully saturated rings. The van der Waals surface area contributed by atoms with Crippen molar-refractivity contribution in [2.24, 2.45) is 0 Å². The second-order valence-electron chi connectivity index (χ2n) is 3.55. The maximum Gasteiger partial charge on any atom is 0.222 e. The first-order valence-corrected chi connectivity index (χ1v) is 4.77. The van der Waals surface area contributed by atoms with Crippen LogP contribution in [0.4, 0.5) is 5.88 Å². The van der Waals surface area contributed by atoms with Crippen LogP contribution < -0.4 is 5.73 Å². The Kier molecular flexibility index (Phi) is 1.67. The molecule has 80 valence electrons. The van der Waals surface area contributed by atoms with Crippen molar-refractivity contribution >= 4 is 16.8 Å². The minimum Gasteiger partial charge on any atom is -0.508 e. The predicted molar refractivity (Wildman–Crippen MR) is 59.9 cm³/mol. The largest absolute Gasteiger partial charge is 0.508 e. The van der Waals surface area contributed by atoms with Crippen molar-refractivity contribution in [1.82, 2.24) is 10.1 Å². The number of hydrogen-bond donors (Lipinski definition) is 3. The van der Waals surface area contributed by atoms with Crippen LogP contribution in [0.15, 0.2) is 35.0 Å². The summed E-state index contributed by atoms with van der Waals surface area (Å²) in [5, 5.41) is 14.2. The highest BCUT2D eigenvalue weighted by Crippen LogP contribution is 2.30. The first-order chi connectivity index (χ1) is 7.74. The molecule has 3 rings (SSSR count). The van der Waals surface area contributed by atoms with Crippen LogP contribution in [0.2, 0.25) is 0 Å². The molecule has 0 atom stereocenters. The molecule has 0 aliphatic carbocycles. The summed E-state index contributed by atoms with van der Waals surface area (Å²) in [5.74, 6) is 0.481. The van der Waals surface area contributed by atoms with E-state index in [1.54, 1.807) is 30.5 Å². The number of nitrogens with zero attached hydrogens (tertiary/aromatic N) is 1. The van der Waals surface area contributed by atoms with Crippen LogP contribution >= 0.6 is 0 Å². The Morgan fingerprint density at radius 1 is 1.31 bits per heavy atom. The number of benzene rings is 1. The third-order valence-electron chi connectivity index (χ3n) is 2.47. The summed E-state index contributed by atoms with van der Waals surface area (Å²) in [6, 6.07) is 6.75. The van der Waals surface area contributed by atoms with E-state index in [1.165, 1.54) is 0 Å². The van der Waals surface area contributed by atoms with Crippen LogP contribution in [0.3, 0.4) is 0 Å². The summed E-state index contributed by atoms with van der Waals surface area (Å²) in [6.07, 6.45) is 1.81. The van der Waals surface area contributed by atoms with Crippen molar-refractivity contribution < 1.29 is 9.63 Å². The van der Waals surface area contributed by atoms with Gasteiger partial charge in [-0.2, -0.15) is 0 Å². The van der Waals surface area contributed by atoms with Gasteiger partial charge in [-0.15, -0.1) is 0 Å². The molecule has 0 bridgehead atoms. The third-order valence-corrected chi connectivity index (χ3v) is 2.47. The Balaban J connectivity index is 2.27. The van der Waals surface area contributed by atoms with E-state index in [4.69, 9.17) is 10.3 Å². The zero-order valence-corrected chi connectivity index (χ0v) is 8.27. The van der Waals surface area contributed by atoms with Crippen LogP contribution in [-0.2, 0) is 0 Å². The van der Waals surface area contributed by atoms with Crippen LogP contribution in [-0.4, -0.2) is 15.2 Å². The first kappa shape index (κ1) is 8.84. The topological polar surface area (TPSA) is 88.1 Å². The standard InChI is InChI=1S/C11H9N3O2/c12-11-4-10(14-16-11)8-5-13-9-2-1-6(15)3-7(8)9/h1-5,13,15H,12H2. The lowest BCUT2D eigenvalue weighted by atomic mass is 10.1. The number of fused-ring (bicyclic) bond motifs is 1. The van der Waals surface area contributed by atoms with Crippen molar-refractivity contribution in [2.45, 2.75) is 0 Å². The number of nitrogens with two attached hydrogens (primary N) is 1. The molecule has 1 aromatic carbocycles. The van der Waals surface area contributed by atoms with Crippen molar-refractivity contribution in [3.63, 3.8) is 0 Å².